The van der Waals surface area contributed by atoms with Gasteiger partial charge in [-0.1, -0.05) is 49.3 Å². The molecule has 0 spiro atoms. The topological polar surface area (TPSA) is 79.6 Å². The van der Waals surface area contributed by atoms with Gasteiger partial charge in [-0.3, -0.25) is 14.5 Å². The van der Waals surface area contributed by atoms with Crippen LogP contribution < -0.4 is 4.74 Å². The second-order valence-corrected chi connectivity index (χ2v) is 8.81. The molecule has 0 aliphatic carbocycles. The molecule has 3 heterocycles. The molecule has 5 rings (SSSR count). The fourth-order valence-electron chi connectivity index (χ4n) is 4.98. The SMILES string of the molecule is N#Cc1ccc(-c2ccc(OCCCCCCN3C(=O)C4C5C=CC(O5)C4C3=O)cc2)cc1. The van der Waals surface area contributed by atoms with E-state index in [-0.39, 0.29) is 35.9 Å². The molecule has 2 fully saturated rings. The summed E-state index contributed by atoms with van der Waals surface area (Å²) in [5.41, 5.74) is 2.80. The lowest BCUT2D eigenvalue weighted by Crippen LogP contribution is -2.35. The van der Waals surface area contributed by atoms with E-state index in [1.165, 1.54) is 4.90 Å². The Kier molecular flexibility index (Phi) is 5.97. The number of benzene rings is 2. The molecule has 6 nitrogen and oxygen atoms in total. The Labute approximate surface area is 193 Å². The van der Waals surface area contributed by atoms with E-state index in [4.69, 9.17) is 14.7 Å². The standard InChI is InChI=1S/C27H26N2O4/c28-17-18-5-7-19(8-6-18)20-9-11-21(12-10-20)32-16-4-2-1-3-15-29-26(30)24-22-13-14-23(33-22)25(24)27(29)31/h5-14,22-25H,1-4,15-16H2. The Morgan fingerprint density at radius 1 is 0.818 bits per heavy atom. The molecule has 168 valence electrons. The van der Waals surface area contributed by atoms with Gasteiger partial charge in [0, 0.05) is 6.54 Å². The fraction of sp³-hybridized carbons (Fsp3) is 0.370. The van der Waals surface area contributed by atoms with Crippen molar-refractivity contribution >= 4 is 11.8 Å². The van der Waals surface area contributed by atoms with E-state index in [9.17, 15) is 9.59 Å². The van der Waals surface area contributed by atoms with Crippen LogP contribution in [-0.2, 0) is 14.3 Å². The number of hydrogen-bond acceptors (Lipinski definition) is 5. The molecule has 3 aliphatic heterocycles. The number of hydrogen-bond donors (Lipinski definition) is 0. The van der Waals surface area contributed by atoms with Crippen LogP contribution in [0.1, 0.15) is 31.2 Å². The first kappa shape index (κ1) is 21.4. The molecule has 4 unspecified atom stereocenters. The van der Waals surface area contributed by atoms with Crippen molar-refractivity contribution in [3.05, 3.63) is 66.2 Å². The van der Waals surface area contributed by atoms with Crippen molar-refractivity contribution in [3.8, 4) is 22.9 Å². The molecule has 2 bridgehead atoms. The molecule has 3 aliphatic rings. The van der Waals surface area contributed by atoms with Crippen molar-refractivity contribution in [2.45, 2.75) is 37.9 Å². The number of amides is 2. The Bertz CT molecular complexity index is 1070. The highest BCUT2D eigenvalue weighted by Gasteiger charge is 2.60. The van der Waals surface area contributed by atoms with Gasteiger partial charge in [0.05, 0.1) is 42.3 Å². The predicted molar refractivity (Wildman–Crippen MR) is 122 cm³/mol. The van der Waals surface area contributed by atoms with E-state index >= 15 is 0 Å². The maximum atomic E-state index is 12.6. The van der Waals surface area contributed by atoms with E-state index in [1.54, 1.807) is 0 Å². The lowest BCUT2D eigenvalue weighted by Gasteiger charge is -2.17. The minimum Gasteiger partial charge on any atom is -0.494 e. The van der Waals surface area contributed by atoms with Crippen molar-refractivity contribution in [2.75, 3.05) is 13.2 Å². The van der Waals surface area contributed by atoms with Gasteiger partial charge in [0.2, 0.25) is 11.8 Å². The van der Waals surface area contributed by atoms with Gasteiger partial charge < -0.3 is 9.47 Å². The number of rotatable bonds is 9. The van der Waals surface area contributed by atoms with Crippen LogP contribution in [0.4, 0.5) is 0 Å². The highest BCUT2D eigenvalue weighted by Crippen LogP contribution is 2.45. The highest BCUT2D eigenvalue weighted by molar-refractivity contribution is 6.06. The Morgan fingerprint density at radius 3 is 2.00 bits per heavy atom. The zero-order valence-electron chi connectivity index (χ0n) is 18.4. The van der Waals surface area contributed by atoms with Crippen LogP contribution in [0.2, 0.25) is 0 Å². The number of imide groups is 1. The van der Waals surface area contributed by atoms with Crippen LogP contribution in [0.5, 0.6) is 5.75 Å². The summed E-state index contributed by atoms with van der Waals surface area (Å²) in [6.07, 6.45) is 7.10. The van der Waals surface area contributed by atoms with E-state index < -0.39 is 0 Å². The van der Waals surface area contributed by atoms with Crippen LogP contribution in [0.3, 0.4) is 0 Å². The molecular formula is C27H26N2O4. The minimum absolute atomic E-state index is 0.0605. The molecule has 0 saturated carbocycles. The minimum atomic E-state index is -0.302. The maximum absolute atomic E-state index is 12.6. The normalized spacial score (nSPS) is 24.9. The smallest absolute Gasteiger partial charge is 0.236 e. The summed E-state index contributed by atoms with van der Waals surface area (Å²) < 4.78 is 11.5. The lowest BCUT2D eigenvalue weighted by molar-refractivity contribution is -0.142. The Hall–Kier alpha value is -3.43. The number of unbranched alkanes of at least 4 members (excludes halogenated alkanes) is 3. The molecule has 0 radical (unpaired) electrons. The Morgan fingerprint density at radius 2 is 1.39 bits per heavy atom. The van der Waals surface area contributed by atoms with Crippen LogP contribution in [0, 0.1) is 23.2 Å². The van der Waals surface area contributed by atoms with Crippen LogP contribution >= 0.6 is 0 Å². The molecule has 2 aromatic rings. The molecule has 6 heteroatoms. The van der Waals surface area contributed by atoms with E-state index in [0.717, 1.165) is 42.6 Å². The quantitative estimate of drug-likeness (QED) is 0.332. The van der Waals surface area contributed by atoms with Gasteiger partial charge in [-0.25, -0.2) is 0 Å². The van der Waals surface area contributed by atoms with Gasteiger partial charge in [-0.2, -0.15) is 5.26 Å². The summed E-state index contributed by atoms with van der Waals surface area (Å²) in [4.78, 5) is 26.7. The molecule has 2 aromatic carbocycles. The molecule has 0 aromatic heterocycles. The third-order valence-electron chi connectivity index (χ3n) is 6.75. The molecular weight excluding hydrogens is 416 g/mol. The summed E-state index contributed by atoms with van der Waals surface area (Å²) in [7, 11) is 0. The number of nitriles is 1. The summed E-state index contributed by atoms with van der Waals surface area (Å²) >= 11 is 0. The first-order valence-electron chi connectivity index (χ1n) is 11.6. The van der Waals surface area contributed by atoms with Crippen LogP contribution in [0.25, 0.3) is 11.1 Å². The second-order valence-electron chi connectivity index (χ2n) is 8.81. The van der Waals surface area contributed by atoms with Gasteiger partial charge >= 0.3 is 0 Å². The van der Waals surface area contributed by atoms with Crippen LogP contribution in [0.15, 0.2) is 60.7 Å². The highest BCUT2D eigenvalue weighted by atomic mass is 16.5. The zero-order chi connectivity index (χ0) is 22.8. The zero-order valence-corrected chi connectivity index (χ0v) is 18.4. The number of ether oxygens (including phenoxy) is 2. The molecule has 2 amide bonds. The molecule has 2 saturated heterocycles. The number of nitrogens with zero attached hydrogens (tertiary/aromatic N) is 2. The number of carbonyl (C=O) groups is 2. The van der Waals surface area contributed by atoms with Crippen molar-refractivity contribution in [2.24, 2.45) is 11.8 Å². The Balaban J connectivity index is 0.998. The first-order valence-corrected chi connectivity index (χ1v) is 11.6. The maximum Gasteiger partial charge on any atom is 0.236 e. The third-order valence-corrected chi connectivity index (χ3v) is 6.75. The van der Waals surface area contributed by atoms with E-state index in [2.05, 4.69) is 6.07 Å². The average molecular weight is 443 g/mol. The first-order chi connectivity index (χ1) is 16.2. The molecule has 33 heavy (non-hydrogen) atoms. The van der Waals surface area contributed by atoms with Crippen LogP contribution in [-0.4, -0.2) is 42.1 Å². The van der Waals surface area contributed by atoms with Gasteiger partial charge in [0.1, 0.15) is 5.75 Å². The predicted octanol–water partition coefficient (Wildman–Crippen LogP) is 4.10. The summed E-state index contributed by atoms with van der Waals surface area (Å²) in [5.74, 6) is 0.107. The monoisotopic (exact) mass is 442 g/mol. The largest absolute Gasteiger partial charge is 0.494 e. The van der Waals surface area contributed by atoms with Crippen molar-refractivity contribution in [1.29, 1.82) is 5.26 Å². The van der Waals surface area contributed by atoms with Gasteiger partial charge in [-0.05, 0) is 48.2 Å². The van der Waals surface area contributed by atoms with Crippen molar-refractivity contribution < 1.29 is 19.1 Å². The number of carbonyl (C=O) groups excluding carboxylic acids is 2. The van der Waals surface area contributed by atoms with Crippen molar-refractivity contribution in [1.82, 2.24) is 4.90 Å². The summed E-state index contributed by atoms with van der Waals surface area (Å²) in [6, 6.07) is 17.6. The van der Waals surface area contributed by atoms with E-state index in [1.807, 2.05) is 60.7 Å². The lowest BCUT2D eigenvalue weighted by atomic mass is 9.85. The number of fused-ring (bicyclic) bond motifs is 5. The van der Waals surface area contributed by atoms with E-state index in [0.29, 0.717) is 18.7 Å². The molecule has 4 atom stereocenters. The van der Waals surface area contributed by atoms with Gasteiger partial charge in [-0.15, -0.1) is 0 Å². The average Bonchev–Trinajstić information content (AvgIpc) is 3.53. The van der Waals surface area contributed by atoms with Gasteiger partial charge in [0.25, 0.3) is 0 Å². The third kappa shape index (κ3) is 4.17. The van der Waals surface area contributed by atoms with Gasteiger partial charge in [0.15, 0.2) is 0 Å². The number of likely N-dealkylation sites (tertiary alicyclic amines) is 1. The summed E-state index contributed by atoms with van der Waals surface area (Å²) in [5, 5.41) is 8.90. The fourth-order valence-corrected chi connectivity index (χ4v) is 4.98. The van der Waals surface area contributed by atoms with Crippen molar-refractivity contribution in [3.63, 3.8) is 0 Å². The molecule has 0 N–H and O–H groups in total. The second kappa shape index (κ2) is 9.21. The summed E-state index contributed by atoms with van der Waals surface area (Å²) in [6.45, 7) is 1.13.